The number of hydrogen-bond acceptors (Lipinski definition) is 4. The minimum atomic E-state index is 0.541. The molecule has 1 N–H and O–H groups in total. The van der Waals surface area contributed by atoms with Gasteiger partial charge in [0.05, 0.1) is 18.2 Å². The molecule has 1 aromatic carbocycles. The van der Waals surface area contributed by atoms with Gasteiger partial charge in [0, 0.05) is 38.6 Å². The third-order valence-electron chi connectivity index (χ3n) is 3.72. The third-order valence-corrected chi connectivity index (χ3v) is 4.00. The number of halogens is 1. The maximum atomic E-state index is 6.33. The maximum absolute atomic E-state index is 6.33. The Bertz CT molecular complexity index is 481. The predicted molar refractivity (Wildman–Crippen MR) is 79.8 cm³/mol. The molecule has 110 valence electrons. The van der Waals surface area contributed by atoms with Crippen LogP contribution in [-0.2, 0) is 6.54 Å². The average molecular weight is 297 g/mol. The molecule has 0 spiro atoms. The first-order chi connectivity index (χ1) is 9.72. The smallest absolute Gasteiger partial charge is 0.179 e. The fourth-order valence-electron chi connectivity index (χ4n) is 2.79. The van der Waals surface area contributed by atoms with Crippen molar-refractivity contribution in [3.63, 3.8) is 0 Å². The van der Waals surface area contributed by atoms with Gasteiger partial charge < -0.3 is 14.8 Å². The fraction of sp³-hybridized carbons (Fsp3) is 0.600. The van der Waals surface area contributed by atoms with Crippen LogP contribution in [0.3, 0.4) is 0 Å². The zero-order chi connectivity index (χ0) is 13.9. The first-order valence-electron chi connectivity index (χ1n) is 7.26. The summed E-state index contributed by atoms with van der Waals surface area (Å²) < 4.78 is 11.4. The summed E-state index contributed by atoms with van der Waals surface area (Å²) in [6.07, 6.45) is 0.898. The zero-order valence-corrected chi connectivity index (χ0v) is 12.6. The second-order valence-electron chi connectivity index (χ2n) is 5.55. The average Bonchev–Trinajstić information content (AvgIpc) is 2.64. The van der Waals surface area contributed by atoms with E-state index >= 15 is 0 Å². The molecule has 0 amide bonds. The molecule has 1 fully saturated rings. The molecule has 2 aliphatic heterocycles. The summed E-state index contributed by atoms with van der Waals surface area (Å²) in [6.45, 7) is 7.65. The number of piperazine rings is 1. The molecule has 0 bridgehead atoms. The second kappa shape index (κ2) is 6.20. The lowest BCUT2D eigenvalue weighted by molar-refractivity contribution is 0.199. The van der Waals surface area contributed by atoms with Gasteiger partial charge in [-0.15, -0.1) is 0 Å². The van der Waals surface area contributed by atoms with Crippen molar-refractivity contribution in [1.82, 2.24) is 10.2 Å². The van der Waals surface area contributed by atoms with Crippen LogP contribution in [0.1, 0.15) is 18.9 Å². The largest absolute Gasteiger partial charge is 0.489 e. The highest BCUT2D eigenvalue weighted by Gasteiger charge is 2.19. The summed E-state index contributed by atoms with van der Waals surface area (Å²) in [5.41, 5.74) is 1.19. The molecule has 3 rings (SSSR count). The van der Waals surface area contributed by atoms with Crippen LogP contribution in [0.5, 0.6) is 11.5 Å². The minimum Gasteiger partial charge on any atom is -0.489 e. The lowest BCUT2D eigenvalue weighted by Crippen LogP contribution is -2.48. The number of ether oxygens (including phenoxy) is 2. The number of hydrogen-bond donors (Lipinski definition) is 1. The summed E-state index contributed by atoms with van der Waals surface area (Å²) in [5, 5.41) is 4.11. The van der Waals surface area contributed by atoms with E-state index in [1.165, 1.54) is 5.56 Å². The molecule has 0 aliphatic carbocycles. The Labute approximate surface area is 125 Å². The van der Waals surface area contributed by atoms with Crippen molar-refractivity contribution in [2.24, 2.45) is 0 Å². The van der Waals surface area contributed by atoms with Crippen molar-refractivity contribution in [2.45, 2.75) is 25.9 Å². The van der Waals surface area contributed by atoms with Gasteiger partial charge in [-0.05, 0) is 24.6 Å². The van der Waals surface area contributed by atoms with E-state index in [2.05, 4.69) is 23.2 Å². The number of rotatable bonds is 2. The molecule has 5 heteroatoms. The van der Waals surface area contributed by atoms with E-state index in [0.29, 0.717) is 30.0 Å². The van der Waals surface area contributed by atoms with Crippen LogP contribution < -0.4 is 14.8 Å². The van der Waals surface area contributed by atoms with Crippen LogP contribution in [0.4, 0.5) is 0 Å². The van der Waals surface area contributed by atoms with Gasteiger partial charge in [-0.3, -0.25) is 4.90 Å². The van der Waals surface area contributed by atoms with E-state index in [1.807, 2.05) is 6.07 Å². The molecule has 1 atom stereocenters. The lowest BCUT2D eigenvalue weighted by atomic mass is 10.1. The summed E-state index contributed by atoms with van der Waals surface area (Å²) in [7, 11) is 0. The van der Waals surface area contributed by atoms with Crippen molar-refractivity contribution in [1.29, 1.82) is 0 Å². The van der Waals surface area contributed by atoms with Crippen molar-refractivity contribution < 1.29 is 9.47 Å². The molecule has 1 aromatic rings. The van der Waals surface area contributed by atoms with E-state index in [9.17, 15) is 0 Å². The van der Waals surface area contributed by atoms with Crippen molar-refractivity contribution in [3.8, 4) is 11.5 Å². The van der Waals surface area contributed by atoms with Crippen LogP contribution in [0.15, 0.2) is 12.1 Å². The summed E-state index contributed by atoms with van der Waals surface area (Å²) in [6, 6.07) is 4.61. The van der Waals surface area contributed by atoms with Crippen molar-refractivity contribution >= 4 is 11.6 Å². The van der Waals surface area contributed by atoms with Gasteiger partial charge in [-0.25, -0.2) is 0 Å². The maximum Gasteiger partial charge on any atom is 0.179 e. The summed E-state index contributed by atoms with van der Waals surface area (Å²) in [5.74, 6) is 1.48. The standard InChI is InChI=1S/C15H21ClN2O2/c1-11-9-18(4-3-17-11)10-12-7-13(16)15-14(8-12)19-5-2-6-20-15/h7-8,11,17H,2-6,9-10H2,1H3/t11-/m1/s1. The molecule has 20 heavy (non-hydrogen) atoms. The first-order valence-corrected chi connectivity index (χ1v) is 7.64. The Hall–Kier alpha value is -0.970. The second-order valence-corrected chi connectivity index (χ2v) is 5.95. The van der Waals surface area contributed by atoms with E-state index in [4.69, 9.17) is 21.1 Å². The summed E-state index contributed by atoms with van der Waals surface area (Å²) >= 11 is 6.33. The predicted octanol–water partition coefficient (Wildman–Crippen LogP) is 2.29. The topological polar surface area (TPSA) is 33.7 Å². The third kappa shape index (κ3) is 3.19. The van der Waals surface area contributed by atoms with Crippen LogP contribution in [0, 0.1) is 0 Å². The first kappa shape index (κ1) is 14.0. The van der Waals surface area contributed by atoms with Gasteiger partial charge in [0.15, 0.2) is 11.5 Å². The molecule has 1 saturated heterocycles. The Morgan fingerprint density at radius 1 is 1.35 bits per heavy atom. The SMILES string of the molecule is C[C@@H]1CN(Cc2cc(Cl)c3c(c2)OCCCO3)CCN1. The van der Waals surface area contributed by atoms with Crippen LogP contribution in [-0.4, -0.2) is 43.8 Å². The molecule has 4 nitrogen and oxygen atoms in total. The van der Waals surface area contributed by atoms with E-state index in [1.54, 1.807) is 0 Å². The highest BCUT2D eigenvalue weighted by Crippen LogP contribution is 2.38. The number of nitrogens with zero attached hydrogens (tertiary/aromatic N) is 1. The highest BCUT2D eigenvalue weighted by molar-refractivity contribution is 6.32. The van der Waals surface area contributed by atoms with Gasteiger partial charge in [-0.2, -0.15) is 0 Å². The molecule has 0 unspecified atom stereocenters. The van der Waals surface area contributed by atoms with Gasteiger partial charge in [0.25, 0.3) is 0 Å². The van der Waals surface area contributed by atoms with Gasteiger partial charge in [0.2, 0.25) is 0 Å². The fourth-order valence-corrected chi connectivity index (χ4v) is 3.08. The van der Waals surface area contributed by atoms with Crippen molar-refractivity contribution in [3.05, 3.63) is 22.7 Å². The zero-order valence-electron chi connectivity index (χ0n) is 11.8. The number of fused-ring (bicyclic) bond motifs is 1. The van der Waals surface area contributed by atoms with Gasteiger partial charge in [0.1, 0.15) is 0 Å². The van der Waals surface area contributed by atoms with Crippen LogP contribution in [0.2, 0.25) is 5.02 Å². The quantitative estimate of drug-likeness (QED) is 0.908. The Balaban J connectivity index is 1.76. The molecule has 2 heterocycles. The van der Waals surface area contributed by atoms with E-state index < -0.39 is 0 Å². The molecule has 0 saturated carbocycles. The normalized spacial score (nSPS) is 23.4. The van der Waals surface area contributed by atoms with Crippen LogP contribution in [0.25, 0.3) is 0 Å². The van der Waals surface area contributed by atoms with Crippen molar-refractivity contribution in [2.75, 3.05) is 32.8 Å². The Kier molecular flexibility index (Phi) is 4.34. The minimum absolute atomic E-state index is 0.541. The molecular weight excluding hydrogens is 276 g/mol. The molecular formula is C15H21ClN2O2. The molecule has 0 radical (unpaired) electrons. The molecule has 2 aliphatic rings. The van der Waals surface area contributed by atoms with E-state index in [-0.39, 0.29) is 0 Å². The van der Waals surface area contributed by atoms with Gasteiger partial charge in [-0.1, -0.05) is 11.6 Å². The van der Waals surface area contributed by atoms with Crippen LogP contribution >= 0.6 is 11.6 Å². The van der Waals surface area contributed by atoms with Gasteiger partial charge >= 0.3 is 0 Å². The number of benzene rings is 1. The lowest BCUT2D eigenvalue weighted by Gasteiger charge is -2.32. The Morgan fingerprint density at radius 2 is 2.20 bits per heavy atom. The highest BCUT2D eigenvalue weighted by atomic mass is 35.5. The molecule has 0 aromatic heterocycles. The number of nitrogens with one attached hydrogen (secondary N) is 1. The van der Waals surface area contributed by atoms with E-state index in [0.717, 1.165) is 38.3 Å². The monoisotopic (exact) mass is 296 g/mol. The Morgan fingerprint density at radius 3 is 3.05 bits per heavy atom. The summed E-state index contributed by atoms with van der Waals surface area (Å²) in [4.78, 5) is 2.44.